The van der Waals surface area contributed by atoms with E-state index in [4.69, 9.17) is 5.14 Å². The molecule has 0 spiro atoms. The number of primary sulfonamides is 1. The van der Waals surface area contributed by atoms with E-state index in [1.165, 1.54) is 12.1 Å². The van der Waals surface area contributed by atoms with E-state index in [0.29, 0.717) is 0 Å². The van der Waals surface area contributed by atoms with E-state index in [9.17, 15) is 26.4 Å². The molecule has 1 aliphatic rings. The van der Waals surface area contributed by atoms with Crippen molar-refractivity contribution in [3.8, 4) is 0 Å². The Morgan fingerprint density at radius 1 is 1.04 bits per heavy atom. The van der Waals surface area contributed by atoms with E-state index >= 15 is 0 Å². The summed E-state index contributed by atoms with van der Waals surface area (Å²) in [7, 11) is -3.79. The average Bonchev–Trinajstić information content (AvgIpc) is 3.13. The summed E-state index contributed by atoms with van der Waals surface area (Å²) in [4.78, 5) is 12.4. The van der Waals surface area contributed by atoms with Gasteiger partial charge in [0.15, 0.2) is 0 Å². The molecule has 1 fully saturated rings. The van der Waals surface area contributed by atoms with Crippen LogP contribution in [0.15, 0.2) is 53.4 Å². The number of nitrogens with two attached hydrogens (primary N) is 1. The van der Waals surface area contributed by atoms with Crippen molar-refractivity contribution in [2.45, 2.75) is 36.9 Å². The molecule has 0 heterocycles. The van der Waals surface area contributed by atoms with Crippen molar-refractivity contribution >= 4 is 15.9 Å². The van der Waals surface area contributed by atoms with Gasteiger partial charge in [0.2, 0.25) is 10.0 Å². The fourth-order valence-electron chi connectivity index (χ4n) is 3.43. The standard InChI is InChI=1S/C19H19F3N2O3S/c1-18(2)15(11-5-9-14(10-6-11)28(23,26)27)16(18)24-17(25)12-3-7-13(8-4-12)19(20,21)22/h3-10,15-16H,1-2H3,(H,24,25)(H2,23,26,27)/t15-,16-/m0/s1. The SMILES string of the molecule is CC1(C)[C@@H](NC(=O)c2ccc(C(F)(F)F)cc2)[C@@H]1c1ccc(S(N)(=O)=O)cc1. The topological polar surface area (TPSA) is 89.3 Å². The van der Waals surface area contributed by atoms with Gasteiger partial charge in [-0.05, 0) is 47.4 Å². The molecule has 3 N–H and O–H groups in total. The molecule has 0 aliphatic heterocycles. The Morgan fingerprint density at radius 2 is 1.57 bits per heavy atom. The highest BCUT2D eigenvalue weighted by molar-refractivity contribution is 7.89. The highest BCUT2D eigenvalue weighted by Crippen LogP contribution is 2.58. The van der Waals surface area contributed by atoms with Crippen LogP contribution in [0.5, 0.6) is 0 Å². The van der Waals surface area contributed by atoms with Crippen LogP contribution in [0.1, 0.15) is 41.3 Å². The maximum absolute atomic E-state index is 12.6. The molecule has 0 bridgehead atoms. The minimum Gasteiger partial charge on any atom is -0.348 e. The first-order chi connectivity index (χ1) is 12.8. The molecular weight excluding hydrogens is 393 g/mol. The average molecular weight is 412 g/mol. The Balaban J connectivity index is 1.73. The van der Waals surface area contributed by atoms with Crippen LogP contribution in [0.4, 0.5) is 13.2 Å². The number of nitrogens with one attached hydrogen (secondary N) is 1. The van der Waals surface area contributed by atoms with E-state index < -0.39 is 27.7 Å². The number of rotatable bonds is 4. The van der Waals surface area contributed by atoms with Crippen molar-refractivity contribution in [2.24, 2.45) is 10.6 Å². The van der Waals surface area contributed by atoms with Gasteiger partial charge in [0.1, 0.15) is 0 Å². The number of hydrogen-bond acceptors (Lipinski definition) is 3. The molecule has 3 rings (SSSR count). The quantitative estimate of drug-likeness (QED) is 0.808. The normalized spacial score (nSPS) is 21.2. The highest BCUT2D eigenvalue weighted by Gasteiger charge is 2.59. The zero-order valence-electron chi connectivity index (χ0n) is 15.1. The smallest absolute Gasteiger partial charge is 0.348 e. The monoisotopic (exact) mass is 412 g/mol. The molecule has 0 aromatic heterocycles. The van der Waals surface area contributed by atoms with Gasteiger partial charge in [0.25, 0.3) is 5.91 Å². The Morgan fingerprint density at radius 3 is 2.04 bits per heavy atom. The molecule has 0 saturated heterocycles. The molecule has 1 amide bonds. The Hall–Kier alpha value is -2.39. The predicted molar refractivity (Wildman–Crippen MR) is 97.0 cm³/mol. The lowest BCUT2D eigenvalue weighted by Gasteiger charge is -2.09. The summed E-state index contributed by atoms with van der Waals surface area (Å²) < 4.78 is 60.6. The van der Waals surface area contributed by atoms with Gasteiger partial charge < -0.3 is 5.32 Å². The van der Waals surface area contributed by atoms with Crippen LogP contribution in [0.25, 0.3) is 0 Å². The van der Waals surface area contributed by atoms with E-state index in [0.717, 1.165) is 29.8 Å². The zero-order chi connectivity index (χ0) is 20.9. The van der Waals surface area contributed by atoms with Gasteiger partial charge in [-0.2, -0.15) is 13.2 Å². The van der Waals surface area contributed by atoms with Crippen LogP contribution in [-0.4, -0.2) is 20.4 Å². The maximum atomic E-state index is 12.6. The first-order valence-corrected chi connectivity index (χ1v) is 9.97. The molecule has 2 aromatic rings. The first-order valence-electron chi connectivity index (χ1n) is 8.42. The van der Waals surface area contributed by atoms with Crippen molar-refractivity contribution in [2.75, 3.05) is 0 Å². The minimum absolute atomic E-state index is 0.0000427. The number of benzene rings is 2. The molecule has 0 radical (unpaired) electrons. The van der Waals surface area contributed by atoms with Crippen LogP contribution >= 0.6 is 0 Å². The van der Waals surface area contributed by atoms with Crippen molar-refractivity contribution < 1.29 is 26.4 Å². The number of carbonyl (C=O) groups is 1. The summed E-state index contributed by atoms with van der Waals surface area (Å²) in [6, 6.07) is 9.91. The molecule has 1 saturated carbocycles. The van der Waals surface area contributed by atoms with Gasteiger partial charge in [-0.25, -0.2) is 13.6 Å². The molecule has 28 heavy (non-hydrogen) atoms. The van der Waals surface area contributed by atoms with Gasteiger partial charge in [-0.3, -0.25) is 4.79 Å². The second kappa shape index (κ2) is 6.59. The second-order valence-corrected chi connectivity index (χ2v) is 9.00. The summed E-state index contributed by atoms with van der Waals surface area (Å²) in [5.74, 6) is -0.518. The summed E-state index contributed by atoms with van der Waals surface area (Å²) >= 11 is 0. The Bertz CT molecular complexity index is 998. The van der Waals surface area contributed by atoms with Crippen LogP contribution in [0.3, 0.4) is 0 Å². The number of halogens is 3. The van der Waals surface area contributed by atoms with E-state index in [-0.39, 0.29) is 27.8 Å². The summed E-state index contributed by atoms with van der Waals surface area (Å²) in [6.45, 7) is 3.89. The molecule has 2 atom stereocenters. The molecule has 2 aromatic carbocycles. The fourth-order valence-corrected chi connectivity index (χ4v) is 3.94. The number of amides is 1. The van der Waals surface area contributed by atoms with Crippen molar-refractivity contribution in [3.63, 3.8) is 0 Å². The van der Waals surface area contributed by atoms with Gasteiger partial charge >= 0.3 is 6.18 Å². The Kier molecular flexibility index (Phi) is 4.79. The summed E-state index contributed by atoms with van der Waals surface area (Å²) in [5.41, 5.74) is -0.122. The van der Waals surface area contributed by atoms with Gasteiger partial charge in [0.05, 0.1) is 10.5 Å². The van der Waals surface area contributed by atoms with E-state index in [1.807, 2.05) is 13.8 Å². The van der Waals surface area contributed by atoms with Crippen molar-refractivity contribution in [3.05, 3.63) is 65.2 Å². The van der Waals surface area contributed by atoms with E-state index in [1.54, 1.807) is 12.1 Å². The minimum atomic E-state index is -4.46. The molecule has 150 valence electrons. The molecule has 5 nitrogen and oxygen atoms in total. The number of sulfonamides is 1. The number of carbonyl (C=O) groups excluding carboxylic acids is 1. The van der Waals surface area contributed by atoms with Crippen LogP contribution < -0.4 is 10.5 Å². The summed E-state index contributed by atoms with van der Waals surface area (Å²) in [6.07, 6.45) is -4.46. The number of alkyl halides is 3. The summed E-state index contributed by atoms with van der Waals surface area (Å²) in [5, 5.41) is 7.94. The van der Waals surface area contributed by atoms with Crippen LogP contribution in [0, 0.1) is 5.41 Å². The zero-order valence-corrected chi connectivity index (χ0v) is 15.9. The first kappa shape index (κ1) is 20.3. The third-order valence-corrected chi connectivity index (χ3v) is 6.09. The third kappa shape index (κ3) is 3.90. The molecule has 1 aliphatic carbocycles. The van der Waals surface area contributed by atoms with Crippen molar-refractivity contribution in [1.29, 1.82) is 0 Å². The van der Waals surface area contributed by atoms with Crippen LogP contribution in [-0.2, 0) is 16.2 Å². The number of hydrogen-bond donors (Lipinski definition) is 2. The van der Waals surface area contributed by atoms with Gasteiger partial charge in [0, 0.05) is 17.5 Å². The van der Waals surface area contributed by atoms with Gasteiger partial charge in [-0.1, -0.05) is 26.0 Å². The van der Waals surface area contributed by atoms with Gasteiger partial charge in [-0.15, -0.1) is 0 Å². The van der Waals surface area contributed by atoms with Crippen molar-refractivity contribution in [1.82, 2.24) is 5.32 Å². The second-order valence-electron chi connectivity index (χ2n) is 7.44. The van der Waals surface area contributed by atoms with E-state index in [2.05, 4.69) is 5.32 Å². The Labute approximate surface area is 160 Å². The lowest BCUT2D eigenvalue weighted by Crippen LogP contribution is -2.28. The molecule has 9 heteroatoms. The fraction of sp³-hybridized carbons (Fsp3) is 0.316. The highest BCUT2D eigenvalue weighted by atomic mass is 32.2. The molecule has 0 unspecified atom stereocenters. The predicted octanol–water partition coefficient (Wildman–Crippen LogP) is 3.27. The maximum Gasteiger partial charge on any atom is 0.416 e. The lowest BCUT2D eigenvalue weighted by molar-refractivity contribution is -0.137. The lowest BCUT2D eigenvalue weighted by atomic mass is 10.0. The third-order valence-electron chi connectivity index (χ3n) is 5.16. The largest absolute Gasteiger partial charge is 0.416 e. The van der Waals surface area contributed by atoms with Crippen LogP contribution in [0.2, 0.25) is 0 Å². The molecular formula is C19H19F3N2O3S.